The average molecular weight is 210 g/mol. The molecule has 0 aliphatic carbocycles. The van der Waals surface area contributed by atoms with Gasteiger partial charge in [0.05, 0.1) is 10.7 Å². The predicted octanol–water partition coefficient (Wildman–Crippen LogP) is 0.662. The third kappa shape index (κ3) is 1.53. The Morgan fingerprint density at radius 3 is 2.86 bits per heavy atom. The van der Waals surface area contributed by atoms with Crippen LogP contribution in [0.3, 0.4) is 0 Å². The van der Waals surface area contributed by atoms with E-state index in [0.717, 1.165) is 5.01 Å². The molecule has 2 aromatic heterocycles. The number of aryl methyl sites for hydroxylation is 2. The van der Waals surface area contributed by atoms with Gasteiger partial charge in [0.15, 0.2) is 11.9 Å². The Bertz CT molecular complexity index is 436. The van der Waals surface area contributed by atoms with Crippen LogP contribution in [0.4, 0.5) is 0 Å². The van der Waals surface area contributed by atoms with Crippen LogP contribution < -0.4 is 0 Å². The molecule has 0 spiro atoms. The largest absolute Gasteiger partial charge is 0.379 e. The standard InChI is InChI=1S/C8H10N4OS/c1-5-11-6(3-14-5)7(13)8-9-4-10-12(8)2/h3-4,7,13H,1-2H3. The van der Waals surface area contributed by atoms with Crippen LogP contribution in [0.1, 0.15) is 22.6 Å². The van der Waals surface area contributed by atoms with E-state index in [1.54, 1.807) is 11.7 Å². The summed E-state index contributed by atoms with van der Waals surface area (Å²) in [6, 6.07) is 0. The van der Waals surface area contributed by atoms with Crippen molar-refractivity contribution in [3.05, 3.63) is 28.2 Å². The van der Waals surface area contributed by atoms with Crippen molar-refractivity contribution in [1.82, 2.24) is 19.7 Å². The molecule has 0 saturated carbocycles. The Morgan fingerprint density at radius 1 is 1.57 bits per heavy atom. The molecule has 0 saturated heterocycles. The molecule has 2 rings (SSSR count). The second-order valence-corrected chi connectivity index (χ2v) is 4.00. The molecule has 0 aromatic carbocycles. The first-order chi connectivity index (χ1) is 6.68. The van der Waals surface area contributed by atoms with Gasteiger partial charge in [0, 0.05) is 12.4 Å². The van der Waals surface area contributed by atoms with Gasteiger partial charge < -0.3 is 5.11 Å². The lowest BCUT2D eigenvalue weighted by atomic mass is 10.2. The molecule has 0 amide bonds. The van der Waals surface area contributed by atoms with Gasteiger partial charge in [0.2, 0.25) is 0 Å². The van der Waals surface area contributed by atoms with E-state index in [2.05, 4.69) is 15.1 Å². The third-order valence-corrected chi connectivity index (χ3v) is 2.70. The fraction of sp³-hybridized carbons (Fsp3) is 0.375. The minimum absolute atomic E-state index is 0.510. The van der Waals surface area contributed by atoms with Gasteiger partial charge in [-0.2, -0.15) is 5.10 Å². The van der Waals surface area contributed by atoms with Gasteiger partial charge in [-0.05, 0) is 6.92 Å². The molecular weight excluding hydrogens is 200 g/mol. The van der Waals surface area contributed by atoms with E-state index in [-0.39, 0.29) is 0 Å². The van der Waals surface area contributed by atoms with Crippen molar-refractivity contribution in [1.29, 1.82) is 0 Å². The molecule has 6 heteroatoms. The number of thiazole rings is 1. The zero-order valence-electron chi connectivity index (χ0n) is 7.88. The summed E-state index contributed by atoms with van der Waals surface area (Å²) in [5.41, 5.74) is 0.628. The predicted molar refractivity (Wildman–Crippen MR) is 51.9 cm³/mol. The van der Waals surface area contributed by atoms with Crippen LogP contribution >= 0.6 is 11.3 Å². The summed E-state index contributed by atoms with van der Waals surface area (Å²) in [6.07, 6.45) is 0.630. The maximum absolute atomic E-state index is 9.90. The van der Waals surface area contributed by atoms with Gasteiger partial charge >= 0.3 is 0 Å². The quantitative estimate of drug-likeness (QED) is 0.791. The van der Waals surface area contributed by atoms with Crippen molar-refractivity contribution in [2.45, 2.75) is 13.0 Å². The molecule has 0 radical (unpaired) electrons. The zero-order chi connectivity index (χ0) is 10.1. The number of aliphatic hydroxyl groups is 1. The van der Waals surface area contributed by atoms with Gasteiger partial charge in [0.25, 0.3) is 0 Å². The highest BCUT2D eigenvalue weighted by Crippen LogP contribution is 2.20. The Labute approximate surface area is 85.1 Å². The molecule has 0 bridgehead atoms. The molecule has 0 aliphatic heterocycles. The number of nitrogens with zero attached hydrogens (tertiary/aromatic N) is 4. The number of hydrogen-bond donors (Lipinski definition) is 1. The molecular formula is C8H10N4OS. The van der Waals surface area contributed by atoms with Gasteiger partial charge in [-0.25, -0.2) is 9.97 Å². The first-order valence-corrected chi connectivity index (χ1v) is 5.00. The topological polar surface area (TPSA) is 63.8 Å². The fourth-order valence-corrected chi connectivity index (χ4v) is 1.82. The number of aromatic nitrogens is 4. The summed E-state index contributed by atoms with van der Waals surface area (Å²) >= 11 is 1.51. The number of rotatable bonds is 2. The van der Waals surface area contributed by atoms with E-state index in [4.69, 9.17) is 0 Å². The normalized spacial score (nSPS) is 13.1. The van der Waals surface area contributed by atoms with E-state index in [1.807, 2.05) is 12.3 Å². The average Bonchev–Trinajstić information content (AvgIpc) is 2.73. The Balaban J connectivity index is 2.33. The molecule has 2 aromatic rings. The summed E-state index contributed by atoms with van der Waals surface area (Å²) in [7, 11) is 1.74. The minimum atomic E-state index is -0.785. The van der Waals surface area contributed by atoms with Gasteiger partial charge in [-0.3, -0.25) is 4.68 Å². The van der Waals surface area contributed by atoms with Crippen molar-refractivity contribution in [3.8, 4) is 0 Å². The van der Waals surface area contributed by atoms with Crippen molar-refractivity contribution in [3.63, 3.8) is 0 Å². The summed E-state index contributed by atoms with van der Waals surface area (Å²) in [6.45, 7) is 1.90. The minimum Gasteiger partial charge on any atom is -0.379 e. The van der Waals surface area contributed by atoms with Crippen LogP contribution in [0.25, 0.3) is 0 Å². The van der Waals surface area contributed by atoms with Crippen molar-refractivity contribution in [2.75, 3.05) is 0 Å². The lowest BCUT2D eigenvalue weighted by molar-refractivity contribution is 0.200. The molecule has 0 fully saturated rings. The lowest BCUT2D eigenvalue weighted by Gasteiger charge is -2.05. The maximum atomic E-state index is 9.90. The van der Waals surface area contributed by atoms with Crippen molar-refractivity contribution < 1.29 is 5.11 Å². The smallest absolute Gasteiger partial charge is 0.161 e. The monoisotopic (exact) mass is 210 g/mol. The summed E-state index contributed by atoms with van der Waals surface area (Å²) in [4.78, 5) is 8.16. The zero-order valence-corrected chi connectivity index (χ0v) is 8.69. The lowest BCUT2D eigenvalue weighted by Crippen LogP contribution is -2.08. The van der Waals surface area contributed by atoms with E-state index in [1.165, 1.54) is 17.7 Å². The molecule has 14 heavy (non-hydrogen) atoms. The van der Waals surface area contributed by atoms with Crippen LogP contribution in [-0.2, 0) is 7.05 Å². The van der Waals surface area contributed by atoms with Crippen LogP contribution in [0.5, 0.6) is 0 Å². The molecule has 1 N–H and O–H groups in total. The maximum Gasteiger partial charge on any atom is 0.161 e. The van der Waals surface area contributed by atoms with Crippen LogP contribution in [0.2, 0.25) is 0 Å². The van der Waals surface area contributed by atoms with Crippen LogP contribution in [0.15, 0.2) is 11.7 Å². The molecule has 5 nitrogen and oxygen atoms in total. The van der Waals surface area contributed by atoms with Crippen molar-refractivity contribution in [2.24, 2.45) is 7.05 Å². The summed E-state index contributed by atoms with van der Waals surface area (Å²) < 4.78 is 1.54. The highest BCUT2D eigenvalue weighted by molar-refractivity contribution is 7.09. The van der Waals surface area contributed by atoms with E-state index < -0.39 is 6.10 Å². The fourth-order valence-electron chi connectivity index (χ4n) is 1.19. The first kappa shape index (κ1) is 9.29. The Morgan fingerprint density at radius 2 is 2.36 bits per heavy atom. The van der Waals surface area contributed by atoms with Crippen molar-refractivity contribution >= 4 is 11.3 Å². The molecule has 2 heterocycles. The molecule has 1 unspecified atom stereocenters. The second kappa shape index (κ2) is 3.47. The van der Waals surface area contributed by atoms with Gasteiger partial charge in [0.1, 0.15) is 6.33 Å². The SMILES string of the molecule is Cc1nc(C(O)c2ncnn2C)cs1. The first-order valence-electron chi connectivity index (χ1n) is 4.12. The Kier molecular flexibility index (Phi) is 2.30. The second-order valence-electron chi connectivity index (χ2n) is 2.94. The Hall–Kier alpha value is -1.27. The third-order valence-electron chi connectivity index (χ3n) is 1.91. The summed E-state index contributed by atoms with van der Waals surface area (Å²) in [5.74, 6) is 0.510. The van der Waals surface area contributed by atoms with Crippen LogP contribution in [-0.4, -0.2) is 24.9 Å². The number of hydrogen-bond acceptors (Lipinski definition) is 5. The van der Waals surface area contributed by atoms with Gasteiger partial charge in [-0.1, -0.05) is 0 Å². The molecule has 74 valence electrons. The van der Waals surface area contributed by atoms with E-state index in [0.29, 0.717) is 11.5 Å². The summed E-state index contributed by atoms with van der Waals surface area (Å²) in [5, 5.41) is 16.5. The molecule has 0 aliphatic rings. The van der Waals surface area contributed by atoms with Crippen LogP contribution in [0, 0.1) is 6.92 Å². The highest BCUT2D eigenvalue weighted by Gasteiger charge is 2.17. The van der Waals surface area contributed by atoms with E-state index >= 15 is 0 Å². The number of aliphatic hydroxyl groups excluding tert-OH is 1. The molecule has 1 atom stereocenters. The highest BCUT2D eigenvalue weighted by atomic mass is 32.1. The van der Waals surface area contributed by atoms with E-state index in [9.17, 15) is 5.11 Å². The van der Waals surface area contributed by atoms with Gasteiger partial charge in [-0.15, -0.1) is 11.3 Å².